The fourth-order valence-corrected chi connectivity index (χ4v) is 3.34. The smallest absolute Gasteiger partial charge is 0.310 e. The first-order chi connectivity index (χ1) is 12.3. The second-order valence-electron chi connectivity index (χ2n) is 6.04. The Bertz CT molecular complexity index is 767. The molecule has 0 saturated carbocycles. The zero-order chi connectivity index (χ0) is 19.4. The Balaban J connectivity index is 2.50. The van der Waals surface area contributed by atoms with Gasteiger partial charge in [-0.05, 0) is 47.9 Å². The fourth-order valence-electron chi connectivity index (χ4n) is 3.34. The van der Waals surface area contributed by atoms with Crippen LogP contribution in [0.5, 0.6) is 11.5 Å². The van der Waals surface area contributed by atoms with E-state index in [1.807, 2.05) is 13.8 Å². The summed E-state index contributed by atoms with van der Waals surface area (Å²) in [5, 5.41) is 41.5. The summed E-state index contributed by atoms with van der Waals surface area (Å²) in [4.78, 5) is 20.9. The van der Waals surface area contributed by atoms with E-state index in [1.165, 1.54) is 24.3 Å². The number of phenols is 2. The lowest BCUT2D eigenvalue weighted by Gasteiger charge is -2.26. The fraction of sp³-hybridized carbons (Fsp3) is 0.333. The maximum Gasteiger partial charge on any atom is 0.310 e. The predicted octanol–water partition coefficient (Wildman–Crippen LogP) is 4.60. The molecule has 8 nitrogen and oxygen atoms in total. The van der Waals surface area contributed by atoms with Crippen LogP contribution in [0.3, 0.4) is 0 Å². The second kappa shape index (κ2) is 7.81. The lowest BCUT2D eigenvalue weighted by molar-refractivity contribution is -0.386. The molecule has 0 fully saturated rings. The van der Waals surface area contributed by atoms with Gasteiger partial charge in [-0.25, -0.2) is 0 Å². The van der Waals surface area contributed by atoms with Gasteiger partial charge < -0.3 is 10.2 Å². The Morgan fingerprint density at radius 1 is 0.808 bits per heavy atom. The second-order valence-corrected chi connectivity index (χ2v) is 6.04. The summed E-state index contributed by atoms with van der Waals surface area (Å²) < 4.78 is 0. The molecular formula is C18H20N2O6. The van der Waals surface area contributed by atoms with Crippen LogP contribution in [0.25, 0.3) is 0 Å². The average Bonchev–Trinajstić information content (AvgIpc) is 2.60. The summed E-state index contributed by atoms with van der Waals surface area (Å²) in [7, 11) is 0. The zero-order valence-electron chi connectivity index (χ0n) is 14.5. The molecule has 2 aromatic rings. The van der Waals surface area contributed by atoms with Gasteiger partial charge >= 0.3 is 11.4 Å². The van der Waals surface area contributed by atoms with Gasteiger partial charge in [-0.2, -0.15) is 0 Å². The highest BCUT2D eigenvalue weighted by molar-refractivity contribution is 5.51. The van der Waals surface area contributed by atoms with E-state index in [0.29, 0.717) is 24.0 Å². The first-order valence-electron chi connectivity index (χ1n) is 8.24. The molecule has 0 aromatic heterocycles. The van der Waals surface area contributed by atoms with Crippen molar-refractivity contribution in [1.82, 2.24) is 0 Å². The van der Waals surface area contributed by atoms with Crippen molar-refractivity contribution in [2.45, 2.75) is 38.5 Å². The number of hydrogen-bond donors (Lipinski definition) is 2. The van der Waals surface area contributed by atoms with E-state index < -0.39 is 21.3 Å². The van der Waals surface area contributed by atoms with Crippen molar-refractivity contribution in [2.24, 2.45) is 0 Å². The molecule has 8 heteroatoms. The summed E-state index contributed by atoms with van der Waals surface area (Å²) in [6, 6.07) is 8.55. The topological polar surface area (TPSA) is 127 Å². The highest BCUT2D eigenvalue weighted by atomic mass is 16.6. The van der Waals surface area contributed by atoms with E-state index in [0.717, 1.165) is 0 Å². The number of benzene rings is 2. The molecule has 0 aliphatic carbocycles. The minimum Gasteiger partial charge on any atom is -0.502 e. The molecule has 0 radical (unpaired) electrons. The van der Waals surface area contributed by atoms with Crippen molar-refractivity contribution in [3.8, 4) is 11.5 Å². The monoisotopic (exact) mass is 360 g/mol. The largest absolute Gasteiger partial charge is 0.502 e. The van der Waals surface area contributed by atoms with Crippen LogP contribution in [0.15, 0.2) is 36.4 Å². The number of aromatic hydroxyl groups is 2. The summed E-state index contributed by atoms with van der Waals surface area (Å²) in [5.74, 6) is -1.07. The van der Waals surface area contributed by atoms with Gasteiger partial charge in [0.1, 0.15) is 0 Å². The van der Waals surface area contributed by atoms with Crippen LogP contribution in [0.4, 0.5) is 11.4 Å². The minimum absolute atomic E-state index is 0.136. The van der Waals surface area contributed by atoms with Crippen molar-refractivity contribution in [1.29, 1.82) is 0 Å². The summed E-state index contributed by atoms with van der Waals surface area (Å²) in [5.41, 5.74) is 0.624. The van der Waals surface area contributed by atoms with Crippen LogP contribution >= 0.6 is 0 Å². The van der Waals surface area contributed by atoms with Gasteiger partial charge in [0.2, 0.25) is 0 Å². The van der Waals surface area contributed by atoms with Crippen LogP contribution in [0.2, 0.25) is 0 Å². The Labute approximate surface area is 150 Å². The van der Waals surface area contributed by atoms with Crippen LogP contribution in [0.1, 0.15) is 49.7 Å². The predicted molar refractivity (Wildman–Crippen MR) is 95.6 cm³/mol. The summed E-state index contributed by atoms with van der Waals surface area (Å²) in [6.45, 7) is 3.86. The lowest BCUT2D eigenvalue weighted by atomic mass is 9.78. The molecule has 0 bridgehead atoms. The first-order valence-corrected chi connectivity index (χ1v) is 8.24. The van der Waals surface area contributed by atoms with Crippen molar-refractivity contribution >= 4 is 11.4 Å². The number of nitro groups is 2. The molecular weight excluding hydrogens is 340 g/mol. The average molecular weight is 360 g/mol. The first kappa shape index (κ1) is 19.2. The maximum absolute atomic E-state index is 11.1. The van der Waals surface area contributed by atoms with Gasteiger partial charge in [-0.3, -0.25) is 20.2 Å². The van der Waals surface area contributed by atoms with Gasteiger partial charge in [-0.15, -0.1) is 0 Å². The molecule has 138 valence electrons. The third-order valence-electron chi connectivity index (χ3n) is 4.61. The van der Waals surface area contributed by atoms with Crippen LogP contribution < -0.4 is 0 Å². The molecule has 0 amide bonds. The maximum atomic E-state index is 11.1. The van der Waals surface area contributed by atoms with E-state index in [2.05, 4.69) is 0 Å². The molecule has 26 heavy (non-hydrogen) atoms. The van der Waals surface area contributed by atoms with Gasteiger partial charge in [0, 0.05) is 12.1 Å². The van der Waals surface area contributed by atoms with E-state index >= 15 is 0 Å². The number of hydrogen-bond acceptors (Lipinski definition) is 6. The van der Waals surface area contributed by atoms with Crippen molar-refractivity contribution < 1.29 is 20.1 Å². The molecule has 0 saturated heterocycles. The highest BCUT2D eigenvalue weighted by Gasteiger charge is 2.27. The normalized spacial score (nSPS) is 13.2. The minimum atomic E-state index is -0.641. The van der Waals surface area contributed by atoms with E-state index in [1.54, 1.807) is 12.1 Å². The Morgan fingerprint density at radius 2 is 1.15 bits per heavy atom. The van der Waals surface area contributed by atoms with Gasteiger partial charge in [0.05, 0.1) is 9.85 Å². The molecule has 2 N–H and O–H groups in total. The van der Waals surface area contributed by atoms with Crippen LogP contribution in [0, 0.1) is 20.2 Å². The van der Waals surface area contributed by atoms with E-state index in [9.17, 15) is 30.4 Å². The molecule has 0 unspecified atom stereocenters. The number of nitro benzene ring substituents is 2. The Kier molecular flexibility index (Phi) is 5.76. The quantitative estimate of drug-likeness (QED) is 0.548. The summed E-state index contributed by atoms with van der Waals surface area (Å²) >= 11 is 0. The Hall–Kier alpha value is -3.16. The Morgan fingerprint density at radius 3 is 1.42 bits per heavy atom. The SMILES string of the molecule is CC[C@H](c1ccc(O)c([N+](=O)[O-])c1)[C@@H](CC)c1ccc(O)c([N+](=O)[O-])c1. The number of nitrogens with zero attached hydrogens (tertiary/aromatic N) is 2. The highest BCUT2D eigenvalue weighted by Crippen LogP contribution is 2.42. The molecule has 2 atom stereocenters. The standard InChI is InChI=1S/C18H20N2O6/c1-3-13(11-5-7-17(21)15(9-11)19(23)24)14(4-2)12-6-8-18(22)16(10-12)20(25)26/h5-10,13-14,21-22H,3-4H2,1-2H3/t13-,14+. The molecule has 0 spiro atoms. The van der Waals surface area contributed by atoms with Gasteiger partial charge in [0.25, 0.3) is 0 Å². The molecule has 0 aliphatic rings. The molecule has 2 aromatic carbocycles. The van der Waals surface area contributed by atoms with Crippen molar-refractivity contribution in [3.63, 3.8) is 0 Å². The third kappa shape index (κ3) is 3.74. The van der Waals surface area contributed by atoms with Gasteiger partial charge in [-0.1, -0.05) is 26.0 Å². The molecule has 2 rings (SSSR count). The van der Waals surface area contributed by atoms with Crippen LogP contribution in [-0.2, 0) is 0 Å². The zero-order valence-corrected chi connectivity index (χ0v) is 14.5. The van der Waals surface area contributed by atoms with E-state index in [-0.39, 0.29) is 23.2 Å². The van der Waals surface area contributed by atoms with Gasteiger partial charge in [0.15, 0.2) is 11.5 Å². The van der Waals surface area contributed by atoms with Crippen molar-refractivity contribution in [2.75, 3.05) is 0 Å². The van der Waals surface area contributed by atoms with Crippen LogP contribution in [-0.4, -0.2) is 20.1 Å². The number of rotatable bonds is 7. The molecule has 0 aliphatic heterocycles. The van der Waals surface area contributed by atoms with Crippen molar-refractivity contribution in [3.05, 3.63) is 67.8 Å². The third-order valence-corrected chi connectivity index (χ3v) is 4.61. The lowest BCUT2D eigenvalue weighted by Crippen LogP contribution is -2.11. The number of phenolic OH excluding ortho intramolecular Hbond substituents is 2. The molecule has 0 heterocycles. The van der Waals surface area contributed by atoms with E-state index in [4.69, 9.17) is 0 Å². The summed E-state index contributed by atoms with van der Waals surface area (Å²) in [6.07, 6.45) is 1.30.